The van der Waals surface area contributed by atoms with Crippen molar-refractivity contribution in [2.24, 2.45) is 0 Å². The molecule has 0 heterocycles. The Morgan fingerprint density at radius 1 is 1.33 bits per heavy atom. The third-order valence-corrected chi connectivity index (χ3v) is 1.37. The number of alkyl halides is 1. The highest BCUT2D eigenvalue weighted by Gasteiger charge is 2.31. The van der Waals surface area contributed by atoms with Gasteiger partial charge in [-0.05, 0) is 0 Å². The van der Waals surface area contributed by atoms with Crippen molar-refractivity contribution in [1.29, 1.82) is 0 Å². The second-order valence-electron chi connectivity index (χ2n) is 2.31. The normalized spacial score (nSPS) is 21.1. The molecular formula is C6H11FO5. The van der Waals surface area contributed by atoms with Gasteiger partial charge in [-0.2, -0.15) is 0 Å². The Morgan fingerprint density at radius 3 is 2.17 bits per heavy atom. The topological polar surface area (TPSA) is 98.0 Å². The molecule has 0 saturated heterocycles. The molecule has 5 nitrogen and oxygen atoms in total. The molecule has 0 rings (SSSR count). The van der Waals surface area contributed by atoms with E-state index in [4.69, 9.17) is 20.4 Å². The number of carbonyl (C=O) groups excluding carboxylic acids is 1. The molecule has 0 amide bonds. The van der Waals surface area contributed by atoms with Gasteiger partial charge in [0, 0.05) is 0 Å². The number of hydrogen-bond acceptors (Lipinski definition) is 5. The van der Waals surface area contributed by atoms with Crippen LogP contribution in [0, 0.1) is 0 Å². The van der Waals surface area contributed by atoms with Crippen LogP contribution in [0.25, 0.3) is 0 Å². The maximum absolute atomic E-state index is 12.6. The minimum Gasteiger partial charge on any atom is -0.394 e. The number of hydrogen-bond donors (Lipinski definition) is 4. The number of aldehydes is 1. The highest BCUT2D eigenvalue weighted by atomic mass is 19.1. The van der Waals surface area contributed by atoms with Crippen molar-refractivity contribution in [2.45, 2.75) is 24.5 Å². The standard InChI is InChI=1S/C6H11FO5/c7-5(3(10)1-8)6(12)4(11)2-9/h2-6,8,10-12H,1H2. The lowest BCUT2D eigenvalue weighted by Crippen LogP contribution is -2.43. The van der Waals surface area contributed by atoms with Crippen LogP contribution in [0.1, 0.15) is 0 Å². The largest absolute Gasteiger partial charge is 0.394 e. The summed E-state index contributed by atoms with van der Waals surface area (Å²) in [5.74, 6) is 0. The molecule has 0 aliphatic heterocycles. The fourth-order valence-electron chi connectivity index (χ4n) is 0.597. The molecule has 6 heteroatoms. The van der Waals surface area contributed by atoms with E-state index in [-0.39, 0.29) is 6.29 Å². The van der Waals surface area contributed by atoms with Crippen LogP contribution in [0.2, 0.25) is 0 Å². The Morgan fingerprint density at radius 2 is 1.83 bits per heavy atom. The fourth-order valence-corrected chi connectivity index (χ4v) is 0.597. The fraction of sp³-hybridized carbons (Fsp3) is 0.833. The van der Waals surface area contributed by atoms with Gasteiger partial charge >= 0.3 is 0 Å². The predicted octanol–water partition coefficient (Wildman–Crippen LogP) is -2.40. The van der Waals surface area contributed by atoms with Crippen molar-refractivity contribution in [3.05, 3.63) is 0 Å². The number of halogens is 1. The first-order valence-electron chi connectivity index (χ1n) is 3.29. The molecule has 0 fully saturated rings. The lowest BCUT2D eigenvalue weighted by Gasteiger charge is -2.20. The number of aliphatic hydroxyl groups is 4. The molecule has 0 spiro atoms. The summed E-state index contributed by atoms with van der Waals surface area (Å²) in [5, 5.41) is 34.2. The summed E-state index contributed by atoms with van der Waals surface area (Å²) < 4.78 is 12.6. The lowest BCUT2D eigenvalue weighted by atomic mass is 10.1. The van der Waals surface area contributed by atoms with E-state index in [2.05, 4.69) is 0 Å². The minimum atomic E-state index is -2.24. The second kappa shape index (κ2) is 5.15. The molecule has 0 aromatic rings. The number of aliphatic hydroxyl groups excluding tert-OH is 4. The Hall–Kier alpha value is -0.560. The predicted molar refractivity (Wildman–Crippen MR) is 36.1 cm³/mol. The highest BCUT2D eigenvalue weighted by Crippen LogP contribution is 2.07. The van der Waals surface area contributed by atoms with Crippen LogP contribution < -0.4 is 0 Å². The molecule has 12 heavy (non-hydrogen) atoms. The third-order valence-electron chi connectivity index (χ3n) is 1.37. The SMILES string of the molecule is O=CC(O)C(O)C(F)C(O)CO. The molecule has 0 radical (unpaired) electrons. The Bertz CT molecular complexity index is 142. The van der Waals surface area contributed by atoms with Crippen molar-refractivity contribution in [3.8, 4) is 0 Å². The van der Waals surface area contributed by atoms with Crippen LogP contribution >= 0.6 is 0 Å². The van der Waals surface area contributed by atoms with Crippen molar-refractivity contribution >= 4 is 6.29 Å². The van der Waals surface area contributed by atoms with Gasteiger partial charge in [-0.25, -0.2) is 4.39 Å². The molecule has 4 N–H and O–H groups in total. The van der Waals surface area contributed by atoms with Crippen molar-refractivity contribution in [2.75, 3.05) is 6.61 Å². The molecular weight excluding hydrogens is 171 g/mol. The molecule has 72 valence electrons. The summed E-state index contributed by atoms with van der Waals surface area (Å²) in [5.41, 5.74) is 0. The zero-order valence-electron chi connectivity index (χ0n) is 6.17. The Balaban J connectivity index is 4.07. The van der Waals surface area contributed by atoms with Gasteiger partial charge in [-0.3, -0.25) is 0 Å². The smallest absolute Gasteiger partial charge is 0.157 e. The van der Waals surface area contributed by atoms with Crippen LogP contribution in [-0.4, -0.2) is 57.8 Å². The van der Waals surface area contributed by atoms with E-state index >= 15 is 0 Å². The van der Waals surface area contributed by atoms with Crippen molar-refractivity contribution in [1.82, 2.24) is 0 Å². The van der Waals surface area contributed by atoms with Crippen LogP contribution in [-0.2, 0) is 4.79 Å². The maximum Gasteiger partial charge on any atom is 0.157 e. The highest BCUT2D eigenvalue weighted by molar-refractivity contribution is 5.56. The van der Waals surface area contributed by atoms with Gasteiger partial charge in [0.2, 0.25) is 0 Å². The first kappa shape index (κ1) is 11.4. The van der Waals surface area contributed by atoms with Gasteiger partial charge in [0.15, 0.2) is 12.5 Å². The number of carbonyl (C=O) groups is 1. The molecule has 0 aromatic carbocycles. The summed E-state index contributed by atoms with van der Waals surface area (Å²) in [4.78, 5) is 9.84. The first-order valence-corrected chi connectivity index (χ1v) is 3.29. The van der Waals surface area contributed by atoms with Crippen molar-refractivity contribution in [3.63, 3.8) is 0 Å². The molecule has 0 aromatic heterocycles. The summed E-state index contributed by atoms with van der Waals surface area (Å²) in [6, 6.07) is 0. The summed E-state index contributed by atoms with van der Waals surface area (Å²) >= 11 is 0. The summed E-state index contributed by atoms with van der Waals surface area (Å²) in [6.45, 7) is -0.885. The van der Waals surface area contributed by atoms with Gasteiger partial charge in [0.25, 0.3) is 0 Å². The summed E-state index contributed by atoms with van der Waals surface area (Å²) in [6.07, 6.45) is -7.99. The Kier molecular flexibility index (Phi) is 4.91. The average Bonchev–Trinajstić information content (AvgIpc) is 2.12. The van der Waals surface area contributed by atoms with Crippen LogP contribution in [0.5, 0.6) is 0 Å². The van der Waals surface area contributed by atoms with E-state index in [0.29, 0.717) is 0 Å². The van der Waals surface area contributed by atoms with E-state index in [0.717, 1.165) is 0 Å². The van der Waals surface area contributed by atoms with Gasteiger partial charge < -0.3 is 25.2 Å². The van der Waals surface area contributed by atoms with Crippen molar-refractivity contribution < 1.29 is 29.6 Å². The van der Waals surface area contributed by atoms with E-state index in [1.807, 2.05) is 0 Å². The van der Waals surface area contributed by atoms with Crippen LogP contribution in [0.3, 0.4) is 0 Å². The van der Waals surface area contributed by atoms with E-state index in [1.54, 1.807) is 0 Å². The van der Waals surface area contributed by atoms with Gasteiger partial charge in [0.05, 0.1) is 6.61 Å². The van der Waals surface area contributed by atoms with Gasteiger partial charge in [0.1, 0.15) is 18.3 Å². The maximum atomic E-state index is 12.6. The van der Waals surface area contributed by atoms with Crippen LogP contribution in [0.15, 0.2) is 0 Å². The van der Waals surface area contributed by atoms with Crippen LogP contribution in [0.4, 0.5) is 4.39 Å². The Labute approximate surface area is 68.1 Å². The lowest BCUT2D eigenvalue weighted by molar-refractivity contribution is -0.127. The van der Waals surface area contributed by atoms with E-state index < -0.39 is 31.1 Å². The molecule has 0 aliphatic rings. The van der Waals surface area contributed by atoms with E-state index in [9.17, 15) is 9.18 Å². The summed E-state index contributed by atoms with van der Waals surface area (Å²) in [7, 11) is 0. The number of rotatable bonds is 5. The van der Waals surface area contributed by atoms with Gasteiger partial charge in [-0.15, -0.1) is 0 Å². The third kappa shape index (κ3) is 2.82. The zero-order valence-corrected chi connectivity index (χ0v) is 6.17. The van der Waals surface area contributed by atoms with Gasteiger partial charge in [-0.1, -0.05) is 0 Å². The molecule has 0 saturated carbocycles. The molecule has 0 aliphatic carbocycles. The van der Waals surface area contributed by atoms with E-state index in [1.165, 1.54) is 0 Å². The zero-order chi connectivity index (χ0) is 9.72. The quantitative estimate of drug-likeness (QED) is 0.355. The molecule has 4 unspecified atom stereocenters. The molecule has 0 bridgehead atoms. The second-order valence-corrected chi connectivity index (χ2v) is 2.31. The monoisotopic (exact) mass is 182 g/mol. The molecule has 4 atom stereocenters. The average molecular weight is 182 g/mol. The first-order chi connectivity index (χ1) is 5.54. The minimum absolute atomic E-state index is 0.0542.